The van der Waals surface area contributed by atoms with E-state index < -0.39 is 11.6 Å². The second-order valence-electron chi connectivity index (χ2n) is 5.25. The molecule has 1 aromatic carbocycles. The van der Waals surface area contributed by atoms with Crippen molar-refractivity contribution in [2.24, 2.45) is 11.3 Å². The molecule has 96 valence electrons. The first-order valence-electron chi connectivity index (χ1n) is 5.97. The summed E-state index contributed by atoms with van der Waals surface area (Å²) < 4.78 is 26.5. The van der Waals surface area contributed by atoms with Gasteiger partial charge < -0.3 is 5.32 Å². The van der Waals surface area contributed by atoms with E-state index in [1.54, 1.807) is 6.07 Å². The predicted molar refractivity (Wildman–Crippen MR) is 66.9 cm³/mol. The Hall–Kier alpha value is -0.960. The second-order valence-corrected chi connectivity index (χ2v) is 5.25. The Morgan fingerprint density at radius 3 is 2.41 bits per heavy atom. The fourth-order valence-electron chi connectivity index (χ4n) is 1.97. The Bertz CT molecular complexity index is 376. The first-order chi connectivity index (χ1) is 7.89. The first kappa shape index (κ1) is 14.1. The molecule has 0 saturated carbocycles. The number of hydrogen-bond acceptors (Lipinski definition) is 1. The smallest absolute Gasteiger partial charge is 0.129 e. The van der Waals surface area contributed by atoms with E-state index in [0.717, 1.165) is 12.6 Å². The van der Waals surface area contributed by atoms with Gasteiger partial charge in [-0.3, -0.25) is 0 Å². The Morgan fingerprint density at radius 1 is 1.29 bits per heavy atom. The largest absolute Gasteiger partial charge is 0.319 e. The summed E-state index contributed by atoms with van der Waals surface area (Å²) in [6, 6.07) is 3.81. The van der Waals surface area contributed by atoms with Crippen molar-refractivity contribution in [3.63, 3.8) is 0 Å². The molecule has 0 radical (unpaired) electrons. The molecule has 0 amide bonds. The monoisotopic (exact) mass is 241 g/mol. The molecule has 1 N–H and O–H groups in total. The third kappa shape index (κ3) is 3.50. The van der Waals surface area contributed by atoms with Crippen molar-refractivity contribution in [1.29, 1.82) is 0 Å². The van der Waals surface area contributed by atoms with Crippen molar-refractivity contribution in [2.45, 2.75) is 27.2 Å². The van der Waals surface area contributed by atoms with E-state index in [0.29, 0.717) is 17.9 Å². The summed E-state index contributed by atoms with van der Waals surface area (Å²) in [5.41, 5.74) is 0.547. The van der Waals surface area contributed by atoms with Crippen LogP contribution in [0.15, 0.2) is 18.2 Å². The highest BCUT2D eigenvalue weighted by Gasteiger charge is 2.28. The minimum absolute atomic E-state index is 0.0343. The van der Waals surface area contributed by atoms with Crippen LogP contribution in [0.1, 0.15) is 26.3 Å². The zero-order chi connectivity index (χ0) is 13.1. The number of hydrogen-bond donors (Lipinski definition) is 1. The predicted octanol–water partition coefficient (Wildman–Crippen LogP) is 3.39. The minimum Gasteiger partial charge on any atom is -0.319 e. The molecule has 0 aliphatic heterocycles. The lowest BCUT2D eigenvalue weighted by Gasteiger charge is -2.34. The molecule has 1 rings (SSSR count). The van der Waals surface area contributed by atoms with Crippen LogP contribution in [-0.4, -0.2) is 13.6 Å². The average molecular weight is 241 g/mol. The summed E-state index contributed by atoms with van der Waals surface area (Å²) in [5, 5.41) is 3.14. The molecule has 17 heavy (non-hydrogen) atoms. The molecule has 1 atom stereocenters. The van der Waals surface area contributed by atoms with Crippen molar-refractivity contribution in [2.75, 3.05) is 13.6 Å². The minimum atomic E-state index is -0.522. The third-order valence-corrected chi connectivity index (χ3v) is 3.58. The maximum absolute atomic E-state index is 13.6. The molecule has 0 spiro atoms. The molecular formula is C14H21F2N. The lowest BCUT2D eigenvalue weighted by atomic mass is 9.74. The molecule has 1 unspecified atom stereocenters. The van der Waals surface area contributed by atoms with Gasteiger partial charge in [0.15, 0.2) is 0 Å². The first-order valence-corrected chi connectivity index (χ1v) is 5.97. The van der Waals surface area contributed by atoms with Gasteiger partial charge >= 0.3 is 0 Å². The number of halogens is 2. The van der Waals surface area contributed by atoms with Crippen LogP contribution in [0.4, 0.5) is 8.78 Å². The van der Waals surface area contributed by atoms with Crippen LogP contribution in [0.5, 0.6) is 0 Å². The topological polar surface area (TPSA) is 12.0 Å². The highest BCUT2D eigenvalue weighted by molar-refractivity contribution is 5.20. The van der Waals surface area contributed by atoms with Crippen LogP contribution in [0.2, 0.25) is 0 Å². The van der Waals surface area contributed by atoms with Gasteiger partial charge in [0.2, 0.25) is 0 Å². The van der Waals surface area contributed by atoms with Gasteiger partial charge in [-0.05, 0) is 36.4 Å². The van der Waals surface area contributed by atoms with E-state index in [9.17, 15) is 8.78 Å². The van der Waals surface area contributed by atoms with Crippen molar-refractivity contribution < 1.29 is 8.78 Å². The molecule has 0 saturated heterocycles. The van der Waals surface area contributed by atoms with E-state index in [1.807, 2.05) is 7.05 Å². The van der Waals surface area contributed by atoms with Crippen LogP contribution in [0.3, 0.4) is 0 Å². The zero-order valence-corrected chi connectivity index (χ0v) is 11.0. The molecule has 1 nitrogen and oxygen atoms in total. The van der Waals surface area contributed by atoms with E-state index >= 15 is 0 Å². The van der Waals surface area contributed by atoms with Crippen molar-refractivity contribution in [1.82, 2.24) is 5.32 Å². The summed E-state index contributed by atoms with van der Waals surface area (Å²) in [7, 11) is 1.89. The summed E-state index contributed by atoms with van der Waals surface area (Å²) >= 11 is 0. The highest BCUT2D eigenvalue weighted by Crippen LogP contribution is 2.31. The third-order valence-electron chi connectivity index (χ3n) is 3.58. The molecule has 0 heterocycles. The molecule has 0 aliphatic rings. The molecule has 0 fully saturated rings. The van der Waals surface area contributed by atoms with E-state index in [2.05, 4.69) is 26.1 Å². The van der Waals surface area contributed by atoms with Crippen molar-refractivity contribution in [3.8, 4) is 0 Å². The number of rotatable bonds is 5. The van der Waals surface area contributed by atoms with Gasteiger partial charge in [0.1, 0.15) is 11.6 Å². The summed E-state index contributed by atoms with van der Waals surface area (Å²) in [6.45, 7) is 7.18. The molecular weight excluding hydrogens is 220 g/mol. The van der Waals surface area contributed by atoms with Gasteiger partial charge in [-0.15, -0.1) is 0 Å². The maximum Gasteiger partial charge on any atom is 0.129 e. The molecule has 0 aromatic heterocycles. The maximum atomic E-state index is 13.6. The van der Waals surface area contributed by atoms with Gasteiger partial charge in [-0.1, -0.05) is 26.8 Å². The van der Waals surface area contributed by atoms with E-state index in [-0.39, 0.29) is 5.41 Å². The quantitative estimate of drug-likeness (QED) is 0.833. The normalized spacial score (nSPS) is 15.0. The summed E-state index contributed by atoms with van der Waals surface area (Å²) in [4.78, 5) is 0. The lowest BCUT2D eigenvalue weighted by molar-refractivity contribution is 0.210. The fourth-order valence-corrected chi connectivity index (χ4v) is 1.97. The average Bonchev–Trinajstić information content (AvgIpc) is 2.22. The van der Waals surface area contributed by atoms with Crippen LogP contribution in [0, 0.1) is 23.0 Å². The number of nitrogens with one attached hydrogen (secondary N) is 1. The Balaban J connectivity index is 2.93. The highest BCUT2D eigenvalue weighted by atomic mass is 19.1. The summed E-state index contributed by atoms with van der Waals surface area (Å²) in [5.74, 6) is -0.557. The molecule has 0 aliphatic carbocycles. The Kier molecular flexibility index (Phi) is 4.63. The van der Waals surface area contributed by atoms with E-state index in [1.165, 1.54) is 6.07 Å². The van der Waals surface area contributed by atoms with Crippen LogP contribution in [0.25, 0.3) is 0 Å². The Morgan fingerprint density at radius 2 is 1.94 bits per heavy atom. The molecule has 1 aromatic rings. The Labute approximate surface area is 102 Å². The molecule has 0 bridgehead atoms. The van der Waals surface area contributed by atoms with Gasteiger partial charge in [0.05, 0.1) is 0 Å². The lowest BCUT2D eigenvalue weighted by Crippen LogP contribution is -2.36. The number of benzene rings is 1. The van der Waals surface area contributed by atoms with Crippen molar-refractivity contribution in [3.05, 3.63) is 35.4 Å². The zero-order valence-electron chi connectivity index (χ0n) is 11.0. The van der Waals surface area contributed by atoms with Crippen LogP contribution >= 0.6 is 0 Å². The molecule has 3 heteroatoms. The van der Waals surface area contributed by atoms with E-state index in [4.69, 9.17) is 0 Å². The second kappa shape index (κ2) is 5.58. The fraction of sp³-hybridized carbons (Fsp3) is 0.571. The SMILES string of the molecule is CNCC(C)(Cc1ccc(F)cc1F)C(C)C. The van der Waals surface area contributed by atoms with Crippen LogP contribution < -0.4 is 5.32 Å². The summed E-state index contributed by atoms with van der Waals surface area (Å²) in [6.07, 6.45) is 0.609. The van der Waals surface area contributed by atoms with Gasteiger partial charge in [0.25, 0.3) is 0 Å². The van der Waals surface area contributed by atoms with Crippen molar-refractivity contribution >= 4 is 0 Å². The van der Waals surface area contributed by atoms with Gasteiger partial charge in [-0.2, -0.15) is 0 Å². The van der Waals surface area contributed by atoms with Gasteiger partial charge in [-0.25, -0.2) is 8.78 Å². The van der Waals surface area contributed by atoms with Crippen LogP contribution in [-0.2, 0) is 6.42 Å². The standard InChI is InChI=1S/C14H21F2N/c1-10(2)14(3,9-17-4)8-11-5-6-12(15)7-13(11)16/h5-7,10,17H,8-9H2,1-4H3. The van der Waals surface area contributed by atoms with Gasteiger partial charge in [0, 0.05) is 12.6 Å².